The zero-order valence-electron chi connectivity index (χ0n) is 17.4. The molecule has 0 unspecified atom stereocenters. The molecule has 31 heavy (non-hydrogen) atoms. The van der Waals surface area contributed by atoms with Crippen LogP contribution in [0.25, 0.3) is 5.69 Å². The van der Waals surface area contributed by atoms with Crippen LogP contribution in [0.15, 0.2) is 70.3 Å². The fourth-order valence-electron chi connectivity index (χ4n) is 3.87. The summed E-state index contributed by atoms with van der Waals surface area (Å²) in [7, 11) is 0. The summed E-state index contributed by atoms with van der Waals surface area (Å²) in [6.07, 6.45) is 2.49. The molecule has 5 rings (SSSR count). The summed E-state index contributed by atoms with van der Waals surface area (Å²) in [6.45, 7) is 4.84. The first-order valence-electron chi connectivity index (χ1n) is 10.5. The number of para-hydroxylation sites is 1. The van der Waals surface area contributed by atoms with Gasteiger partial charge in [0.15, 0.2) is 16.8 Å². The Morgan fingerprint density at radius 1 is 0.968 bits per heavy atom. The molecule has 4 aromatic rings. The molecular formula is C23H24N6OS. The average Bonchev–Trinajstić information content (AvgIpc) is 3.56. The van der Waals surface area contributed by atoms with Gasteiger partial charge in [-0.25, -0.2) is 0 Å². The fraction of sp³-hybridized carbons (Fsp3) is 0.304. The van der Waals surface area contributed by atoms with Gasteiger partial charge in [-0.3, -0.25) is 9.47 Å². The SMILES string of the molecule is Cc1noc([C@@H](Sc2nnc(CN3CCCC3)n2-c2ccccc2)c2ccccc2)n1. The largest absolute Gasteiger partial charge is 0.338 e. The molecule has 3 heterocycles. The molecule has 0 radical (unpaired) electrons. The van der Waals surface area contributed by atoms with E-state index in [0.717, 1.165) is 41.9 Å². The van der Waals surface area contributed by atoms with Crippen molar-refractivity contribution >= 4 is 11.8 Å². The first-order chi connectivity index (χ1) is 15.3. The first-order valence-corrected chi connectivity index (χ1v) is 11.4. The van der Waals surface area contributed by atoms with E-state index in [1.807, 2.05) is 43.3 Å². The van der Waals surface area contributed by atoms with Gasteiger partial charge in [0.2, 0.25) is 5.89 Å². The van der Waals surface area contributed by atoms with E-state index in [0.29, 0.717) is 11.7 Å². The number of hydrogen-bond donors (Lipinski definition) is 0. The highest BCUT2D eigenvalue weighted by atomic mass is 32.2. The van der Waals surface area contributed by atoms with Gasteiger partial charge in [0.1, 0.15) is 5.25 Å². The Bertz CT molecular complexity index is 1120. The number of likely N-dealkylation sites (tertiary alicyclic amines) is 1. The maximum atomic E-state index is 5.57. The number of nitrogens with zero attached hydrogens (tertiary/aromatic N) is 6. The van der Waals surface area contributed by atoms with Crippen LogP contribution in [0.5, 0.6) is 0 Å². The second-order valence-electron chi connectivity index (χ2n) is 7.64. The van der Waals surface area contributed by atoms with Crippen molar-refractivity contribution in [1.82, 2.24) is 29.8 Å². The highest BCUT2D eigenvalue weighted by molar-refractivity contribution is 7.99. The molecule has 1 aliphatic rings. The van der Waals surface area contributed by atoms with Crippen molar-refractivity contribution < 1.29 is 4.52 Å². The van der Waals surface area contributed by atoms with E-state index in [2.05, 4.69) is 54.1 Å². The monoisotopic (exact) mass is 432 g/mol. The number of thioether (sulfide) groups is 1. The zero-order chi connectivity index (χ0) is 21.0. The van der Waals surface area contributed by atoms with Gasteiger partial charge in [0.05, 0.1) is 6.54 Å². The zero-order valence-corrected chi connectivity index (χ0v) is 18.2. The molecule has 0 saturated carbocycles. The Morgan fingerprint density at radius 2 is 1.68 bits per heavy atom. The smallest absolute Gasteiger partial charge is 0.244 e. The Hall–Kier alpha value is -2.97. The van der Waals surface area contributed by atoms with Gasteiger partial charge in [-0.1, -0.05) is 65.4 Å². The number of benzene rings is 2. The summed E-state index contributed by atoms with van der Waals surface area (Å²) >= 11 is 1.58. The lowest BCUT2D eigenvalue weighted by molar-refractivity contribution is 0.319. The molecule has 1 saturated heterocycles. The molecule has 0 spiro atoms. The summed E-state index contributed by atoms with van der Waals surface area (Å²) in [6, 6.07) is 20.5. The molecule has 0 aliphatic carbocycles. The lowest BCUT2D eigenvalue weighted by Gasteiger charge is -2.17. The molecule has 1 atom stereocenters. The van der Waals surface area contributed by atoms with Gasteiger partial charge in [-0.2, -0.15) is 4.98 Å². The van der Waals surface area contributed by atoms with Gasteiger partial charge in [0, 0.05) is 5.69 Å². The van der Waals surface area contributed by atoms with Crippen molar-refractivity contribution in [3.05, 3.63) is 83.8 Å². The van der Waals surface area contributed by atoms with Crippen molar-refractivity contribution in [2.75, 3.05) is 13.1 Å². The van der Waals surface area contributed by atoms with E-state index in [1.54, 1.807) is 11.8 Å². The van der Waals surface area contributed by atoms with Crippen LogP contribution in [-0.4, -0.2) is 42.9 Å². The van der Waals surface area contributed by atoms with Crippen LogP contribution in [0, 0.1) is 6.92 Å². The summed E-state index contributed by atoms with van der Waals surface area (Å²) in [5.41, 5.74) is 2.14. The van der Waals surface area contributed by atoms with E-state index in [9.17, 15) is 0 Å². The normalized spacial score (nSPS) is 15.4. The maximum absolute atomic E-state index is 5.57. The third kappa shape index (κ3) is 4.40. The molecule has 0 amide bonds. The predicted molar refractivity (Wildman–Crippen MR) is 119 cm³/mol. The Balaban J connectivity index is 1.54. The van der Waals surface area contributed by atoms with Gasteiger partial charge in [0.25, 0.3) is 0 Å². The van der Waals surface area contributed by atoms with Crippen molar-refractivity contribution in [3.8, 4) is 5.69 Å². The van der Waals surface area contributed by atoms with Crippen LogP contribution >= 0.6 is 11.8 Å². The molecule has 1 fully saturated rings. The van der Waals surface area contributed by atoms with E-state index < -0.39 is 0 Å². The van der Waals surface area contributed by atoms with Crippen LogP contribution in [-0.2, 0) is 6.54 Å². The van der Waals surface area contributed by atoms with E-state index in [1.165, 1.54) is 12.8 Å². The van der Waals surface area contributed by atoms with E-state index >= 15 is 0 Å². The minimum Gasteiger partial charge on any atom is -0.338 e. The topological polar surface area (TPSA) is 72.9 Å². The van der Waals surface area contributed by atoms with E-state index in [-0.39, 0.29) is 5.25 Å². The number of hydrogen-bond acceptors (Lipinski definition) is 7. The molecule has 2 aromatic carbocycles. The maximum Gasteiger partial charge on any atom is 0.244 e. The first kappa shape index (κ1) is 20.0. The summed E-state index contributed by atoms with van der Waals surface area (Å²) in [5.74, 6) is 2.14. The summed E-state index contributed by atoms with van der Waals surface area (Å²) < 4.78 is 7.72. The predicted octanol–water partition coefficient (Wildman–Crippen LogP) is 4.44. The van der Waals surface area contributed by atoms with Crippen LogP contribution in [0.1, 0.15) is 41.2 Å². The molecule has 7 nitrogen and oxygen atoms in total. The lowest BCUT2D eigenvalue weighted by atomic mass is 10.1. The quantitative estimate of drug-likeness (QED) is 0.400. The third-order valence-electron chi connectivity index (χ3n) is 5.37. The Kier molecular flexibility index (Phi) is 5.82. The van der Waals surface area contributed by atoms with Gasteiger partial charge < -0.3 is 4.52 Å². The third-order valence-corrected chi connectivity index (χ3v) is 6.56. The van der Waals surface area contributed by atoms with Gasteiger partial charge in [-0.05, 0) is 50.6 Å². The minimum absolute atomic E-state index is 0.173. The van der Waals surface area contributed by atoms with E-state index in [4.69, 9.17) is 4.52 Å². The summed E-state index contributed by atoms with van der Waals surface area (Å²) in [5, 5.41) is 13.8. The Labute approximate surface area is 185 Å². The number of aryl methyl sites for hydroxylation is 1. The highest BCUT2D eigenvalue weighted by Crippen LogP contribution is 2.40. The molecule has 0 N–H and O–H groups in total. The van der Waals surface area contributed by atoms with Gasteiger partial charge >= 0.3 is 0 Å². The van der Waals surface area contributed by atoms with Crippen molar-refractivity contribution in [2.24, 2.45) is 0 Å². The molecule has 8 heteroatoms. The highest BCUT2D eigenvalue weighted by Gasteiger charge is 2.27. The summed E-state index contributed by atoms with van der Waals surface area (Å²) in [4.78, 5) is 6.95. The van der Waals surface area contributed by atoms with Crippen molar-refractivity contribution in [1.29, 1.82) is 0 Å². The van der Waals surface area contributed by atoms with Crippen LogP contribution in [0.4, 0.5) is 0 Å². The van der Waals surface area contributed by atoms with Gasteiger partial charge in [-0.15, -0.1) is 10.2 Å². The molecule has 158 valence electrons. The molecule has 0 bridgehead atoms. The second-order valence-corrected chi connectivity index (χ2v) is 8.71. The van der Waals surface area contributed by atoms with Crippen LogP contribution in [0.3, 0.4) is 0 Å². The van der Waals surface area contributed by atoms with Crippen LogP contribution < -0.4 is 0 Å². The fourth-order valence-corrected chi connectivity index (χ4v) is 4.97. The second kappa shape index (κ2) is 9.03. The average molecular weight is 433 g/mol. The number of aromatic nitrogens is 5. The standard InChI is InChI=1S/C23H24N6OS/c1-17-24-22(30-27-17)21(18-10-4-2-5-11-18)31-23-26-25-20(16-28-14-8-9-15-28)29(23)19-12-6-3-7-13-19/h2-7,10-13,21H,8-9,14-16H2,1H3/t21-/m0/s1. The lowest BCUT2D eigenvalue weighted by Crippen LogP contribution is -2.21. The van der Waals surface area contributed by atoms with Crippen molar-refractivity contribution in [3.63, 3.8) is 0 Å². The van der Waals surface area contributed by atoms with Crippen LogP contribution in [0.2, 0.25) is 0 Å². The molecular weight excluding hydrogens is 408 g/mol. The minimum atomic E-state index is -0.173. The van der Waals surface area contributed by atoms with Crippen molar-refractivity contribution in [2.45, 2.75) is 36.7 Å². The Morgan fingerprint density at radius 3 is 2.35 bits per heavy atom. The molecule has 2 aromatic heterocycles. The molecule has 1 aliphatic heterocycles. The number of rotatable bonds is 7.